The summed E-state index contributed by atoms with van der Waals surface area (Å²) in [4.78, 5) is 2.06. The van der Waals surface area contributed by atoms with Crippen molar-refractivity contribution in [1.82, 2.24) is 10.2 Å². The third kappa shape index (κ3) is 4.76. The summed E-state index contributed by atoms with van der Waals surface area (Å²) in [7, 11) is 0. The van der Waals surface area contributed by atoms with E-state index in [0.29, 0.717) is 12.8 Å². The van der Waals surface area contributed by atoms with Gasteiger partial charge >= 0.3 is 0 Å². The highest BCUT2D eigenvalue weighted by atomic mass is 35.5. The lowest BCUT2D eigenvalue weighted by molar-refractivity contribution is 0.148. The van der Waals surface area contributed by atoms with Gasteiger partial charge < -0.3 is 10.4 Å². The number of benzene rings is 1. The smallest absolute Gasteiger partial charge is 0.132 e. The topological polar surface area (TPSA) is 35.5 Å². The average molecular weight is 341 g/mol. The van der Waals surface area contributed by atoms with Gasteiger partial charge in [0.1, 0.15) is 11.6 Å². The Morgan fingerprint density at radius 3 is 2.33 bits per heavy atom. The van der Waals surface area contributed by atoms with E-state index >= 15 is 0 Å². The Bertz CT molecular complexity index is 434. The summed E-state index contributed by atoms with van der Waals surface area (Å²) >= 11 is 5.67. The van der Waals surface area contributed by atoms with Crippen LogP contribution < -0.4 is 5.32 Å². The Hall–Kier alpha value is -0.460. The molecule has 1 aromatic rings. The second-order valence-corrected chi connectivity index (χ2v) is 5.39. The van der Waals surface area contributed by atoms with Crippen LogP contribution in [-0.2, 0) is 0 Å². The molecule has 1 saturated heterocycles. The number of aliphatic hydroxyl groups excluding tert-OH is 1. The zero-order valence-electron chi connectivity index (χ0n) is 11.6. The Morgan fingerprint density at radius 2 is 1.81 bits per heavy atom. The third-order valence-electron chi connectivity index (χ3n) is 3.61. The van der Waals surface area contributed by atoms with Gasteiger partial charge in [0.2, 0.25) is 0 Å². The first kappa shape index (κ1) is 18.6. The van der Waals surface area contributed by atoms with E-state index in [1.807, 2.05) is 0 Å². The van der Waals surface area contributed by atoms with Crippen molar-refractivity contribution >= 4 is 24.0 Å². The van der Waals surface area contributed by atoms with E-state index < -0.39 is 11.6 Å². The van der Waals surface area contributed by atoms with E-state index in [0.717, 1.165) is 38.3 Å². The molecule has 0 bridgehead atoms. The Morgan fingerprint density at radius 1 is 1.24 bits per heavy atom. The molecule has 0 aliphatic carbocycles. The van der Waals surface area contributed by atoms with E-state index in [2.05, 4.69) is 10.2 Å². The van der Waals surface area contributed by atoms with Crippen molar-refractivity contribution in [3.05, 3.63) is 34.4 Å². The van der Waals surface area contributed by atoms with E-state index in [1.165, 1.54) is 0 Å². The number of piperazine rings is 1. The van der Waals surface area contributed by atoms with Gasteiger partial charge in [-0.15, -0.1) is 12.4 Å². The molecular weight excluding hydrogens is 321 g/mol. The molecule has 2 rings (SSSR count). The molecule has 1 fully saturated rings. The number of halogens is 4. The number of rotatable bonds is 5. The fourth-order valence-electron chi connectivity index (χ4n) is 2.66. The number of nitrogens with zero attached hydrogens (tertiary/aromatic N) is 1. The van der Waals surface area contributed by atoms with Crippen LogP contribution in [0.1, 0.15) is 24.4 Å². The maximum Gasteiger partial charge on any atom is 0.132 e. The summed E-state index contributed by atoms with van der Waals surface area (Å²) in [6, 6.07) is 1.93. The van der Waals surface area contributed by atoms with E-state index in [4.69, 9.17) is 16.7 Å². The molecule has 0 aromatic heterocycles. The van der Waals surface area contributed by atoms with Gasteiger partial charge in [-0.1, -0.05) is 11.6 Å². The summed E-state index contributed by atoms with van der Waals surface area (Å²) < 4.78 is 28.2. The largest absolute Gasteiger partial charge is 0.396 e. The summed E-state index contributed by atoms with van der Waals surface area (Å²) in [6.45, 7) is 3.08. The number of aliphatic hydroxyl groups is 1. The second kappa shape index (κ2) is 8.86. The van der Waals surface area contributed by atoms with Crippen LogP contribution in [0.4, 0.5) is 8.78 Å². The van der Waals surface area contributed by atoms with Crippen LogP contribution in [0.25, 0.3) is 0 Å². The van der Waals surface area contributed by atoms with Gasteiger partial charge in [-0.2, -0.15) is 0 Å². The second-order valence-electron chi connectivity index (χ2n) is 4.95. The average Bonchev–Trinajstić information content (AvgIpc) is 2.42. The minimum absolute atomic E-state index is 0. The van der Waals surface area contributed by atoms with Crippen molar-refractivity contribution in [1.29, 1.82) is 0 Å². The van der Waals surface area contributed by atoms with Gasteiger partial charge in [-0.25, -0.2) is 8.78 Å². The standard InChI is InChI=1S/C14H19ClF2N2O.ClH/c15-10-8-11(16)14(12(17)9-10)13(2-1-7-20)19-5-3-18-4-6-19;/h8-9,13,18,20H,1-7H2;1H/t13-;/m0./s1. The lowest BCUT2D eigenvalue weighted by atomic mass is 9.98. The number of hydrogen-bond acceptors (Lipinski definition) is 3. The predicted octanol–water partition coefficient (Wildman–Crippen LogP) is 2.76. The van der Waals surface area contributed by atoms with Crippen LogP contribution in [-0.4, -0.2) is 42.8 Å². The Balaban J connectivity index is 0.00000220. The molecule has 0 saturated carbocycles. The summed E-state index contributed by atoms with van der Waals surface area (Å²) in [5.74, 6) is -1.23. The van der Waals surface area contributed by atoms with Crippen molar-refractivity contribution in [3.8, 4) is 0 Å². The number of hydrogen-bond donors (Lipinski definition) is 2. The Kier molecular flexibility index (Phi) is 7.84. The molecule has 0 amide bonds. The first-order valence-corrected chi connectivity index (χ1v) is 7.21. The highest BCUT2D eigenvalue weighted by molar-refractivity contribution is 6.30. The Labute approximate surface area is 134 Å². The van der Waals surface area contributed by atoms with Crippen LogP contribution >= 0.6 is 24.0 Å². The molecule has 2 N–H and O–H groups in total. The lowest BCUT2D eigenvalue weighted by Gasteiger charge is -2.35. The molecule has 0 radical (unpaired) electrons. The fraction of sp³-hybridized carbons (Fsp3) is 0.571. The zero-order chi connectivity index (χ0) is 14.5. The SMILES string of the molecule is Cl.OCCC[C@@H](c1c(F)cc(Cl)cc1F)N1CCNCC1. The first-order valence-electron chi connectivity index (χ1n) is 6.83. The summed E-state index contributed by atoms with van der Waals surface area (Å²) in [6.07, 6.45) is 1.03. The molecule has 21 heavy (non-hydrogen) atoms. The van der Waals surface area contributed by atoms with Crippen LogP contribution in [0.2, 0.25) is 5.02 Å². The van der Waals surface area contributed by atoms with Gasteiger partial charge in [0.15, 0.2) is 0 Å². The molecule has 1 atom stereocenters. The van der Waals surface area contributed by atoms with Gasteiger partial charge in [0.25, 0.3) is 0 Å². The van der Waals surface area contributed by atoms with Crippen molar-refractivity contribution in [2.24, 2.45) is 0 Å². The predicted molar refractivity (Wildman–Crippen MR) is 82.1 cm³/mol. The van der Waals surface area contributed by atoms with Gasteiger partial charge in [0, 0.05) is 49.4 Å². The molecule has 1 heterocycles. The molecule has 1 aliphatic rings. The van der Waals surface area contributed by atoms with Crippen LogP contribution in [0.5, 0.6) is 0 Å². The molecule has 120 valence electrons. The van der Waals surface area contributed by atoms with Gasteiger partial charge in [0.05, 0.1) is 0 Å². The fourth-order valence-corrected chi connectivity index (χ4v) is 2.85. The molecule has 7 heteroatoms. The van der Waals surface area contributed by atoms with Gasteiger partial charge in [-0.3, -0.25) is 4.90 Å². The van der Waals surface area contributed by atoms with E-state index in [9.17, 15) is 8.78 Å². The minimum Gasteiger partial charge on any atom is -0.396 e. The maximum atomic E-state index is 14.1. The van der Waals surface area contributed by atoms with Crippen molar-refractivity contribution in [3.63, 3.8) is 0 Å². The van der Waals surface area contributed by atoms with Crippen molar-refractivity contribution < 1.29 is 13.9 Å². The van der Waals surface area contributed by atoms with Crippen molar-refractivity contribution in [2.45, 2.75) is 18.9 Å². The molecule has 0 spiro atoms. The van der Waals surface area contributed by atoms with Crippen molar-refractivity contribution in [2.75, 3.05) is 32.8 Å². The first-order chi connectivity index (χ1) is 9.63. The minimum atomic E-state index is -0.614. The summed E-state index contributed by atoms with van der Waals surface area (Å²) in [5, 5.41) is 12.3. The van der Waals surface area contributed by atoms with Crippen LogP contribution in [0.15, 0.2) is 12.1 Å². The molecule has 0 unspecified atom stereocenters. The molecule has 3 nitrogen and oxygen atoms in total. The molecule has 1 aliphatic heterocycles. The van der Waals surface area contributed by atoms with Crippen LogP contribution in [0, 0.1) is 11.6 Å². The normalized spacial score (nSPS) is 17.3. The maximum absolute atomic E-state index is 14.1. The molecule has 1 aromatic carbocycles. The highest BCUT2D eigenvalue weighted by Crippen LogP contribution is 2.32. The lowest BCUT2D eigenvalue weighted by Crippen LogP contribution is -2.45. The monoisotopic (exact) mass is 340 g/mol. The van der Waals surface area contributed by atoms with Gasteiger partial charge in [-0.05, 0) is 25.0 Å². The zero-order valence-corrected chi connectivity index (χ0v) is 13.2. The van der Waals surface area contributed by atoms with E-state index in [-0.39, 0.29) is 35.6 Å². The third-order valence-corrected chi connectivity index (χ3v) is 3.82. The molecular formula is C14H20Cl2F2N2O. The highest BCUT2D eigenvalue weighted by Gasteiger charge is 2.27. The van der Waals surface area contributed by atoms with Crippen LogP contribution in [0.3, 0.4) is 0 Å². The summed E-state index contributed by atoms with van der Waals surface area (Å²) in [5.41, 5.74) is 0.0600. The quantitative estimate of drug-likeness (QED) is 0.865. The number of nitrogens with one attached hydrogen (secondary N) is 1. The van der Waals surface area contributed by atoms with E-state index in [1.54, 1.807) is 0 Å².